The maximum atomic E-state index is 13.7. The first-order valence-electron chi connectivity index (χ1n) is 8.45. The van der Waals surface area contributed by atoms with Gasteiger partial charge in [-0.15, -0.1) is 0 Å². The first kappa shape index (κ1) is 17.1. The van der Waals surface area contributed by atoms with E-state index in [0.29, 0.717) is 17.3 Å². The normalized spacial score (nSPS) is 15.0. The van der Waals surface area contributed by atoms with E-state index in [1.165, 1.54) is 44.6 Å². The molecule has 1 aromatic heterocycles. The molecule has 3 rings (SSSR count). The Hall–Kier alpha value is -2.70. The van der Waals surface area contributed by atoms with Crippen LogP contribution in [0, 0.1) is 5.82 Å². The predicted octanol–water partition coefficient (Wildman–Crippen LogP) is 3.14. The van der Waals surface area contributed by atoms with Crippen molar-refractivity contribution in [2.75, 3.05) is 12.4 Å². The molecule has 0 bridgehead atoms. The van der Waals surface area contributed by atoms with Crippen LogP contribution in [-0.4, -0.2) is 28.6 Å². The van der Waals surface area contributed by atoms with E-state index in [2.05, 4.69) is 15.7 Å². The van der Waals surface area contributed by atoms with Gasteiger partial charge in [0.2, 0.25) is 0 Å². The first-order chi connectivity index (χ1) is 12.1. The fourth-order valence-electron chi connectivity index (χ4n) is 3.12. The maximum Gasteiger partial charge on any atom is 0.258 e. The lowest BCUT2D eigenvalue weighted by Gasteiger charge is -2.21. The van der Waals surface area contributed by atoms with E-state index >= 15 is 0 Å². The Kier molecular flexibility index (Phi) is 5.11. The smallest absolute Gasteiger partial charge is 0.258 e. The SMILES string of the molecule is CNC(=O)c1cc(NC(=O)c2cnn(C3CCCCC3)c2)ccc1F. The third-order valence-electron chi connectivity index (χ3n) is 4.51. The average molecular weight is 344 g/mol. The minimum absolute atomic E-state index is 0.113. The zero-order valence-corrected chi connectivity index (χ0v) is 14.1. The monoisotopic (exact) mass is 344 g/mol. The van der Waals surface area contributed by atoms with E-state index in [-0.39, 0.29) is 11.5 Å². The van der Waals surface area contributed by atoms with Crippen LogP contribution in [0.15, 0.2) is 30.6 Å². The van der Waals surface area contributed by atoms with Crippen molar-refractivity contribution in [1.29, 1.82) is 0 Å². The summed E-state index contributed by atoms with van der Waals surface area (Å²) in [7, 11) is 1.42. The second-order valence-corrected chi connectivity index (χ2v) is 6.23. The highest BCUT2D eigenvalue weighted by atomic mass is 19.1. The van der Waals surface area contributed by atoms with Crippen LogP contribution in [-0.2, 0) is 0 Å². The summed E-state index contributed by atoms with van der Waals surface area (Å²) in [6.07, 6.45) is 9.06. The second-order valence-electron chi connectivity index (χ2n) is 6.23. The Morgan fingerprint density at radius 1 is 1.20 bits per heavy atom. The van der Waals surface area contributed by atoms with Crippen LogP contribution in [0.5, 0.6) is 0 Å². The van der Waals surface area contributed by atoms with Crippen molar-refractivity contribution in [2.45, 2.75) is 38.1 Å². The molecule has 2 amide bonds. The van der Waals surface area contributed by atoms with Gasteiger partial charge < -0.3 is 10.6 Å². The van der Waals surface area contributed by atoms with Crippen molar-refractivity contribution in [3.8, 4) is 0 Å². The minimum Gasteiger partial charge on any atom is -0.355 e. The number of amides is 2. The van der Waals surface area contributed by atoms with E-state index in [0.717, 1.165) is 18.9 Å². The van der Waals surface area contributed by atoms with E-state index in [1.54, 1.807) is 6.20 Å². The summed E-state index contributed by atoms with van der Waals surface area (Å²) in [5, 5.41) is 9.36. The van der Waals surface area contributed by atoms with Crippen LogP contribution in [0.3, 0.4) is 0 Å². The average Bonchev–Trinajstić information content (AvgIpc) is 3.14. The van der Waals surface area contributed by atoms with Gasteiger partial charge >= 0.3 is 0 Å². The van der Waals surface area contributed by atoms with Crippen LogP contribution < -0.4 is 10.6 Å². The number of nitrogens with one attached hydrogen (secondary N) is 2. The number of carbonyl (C=O) groups is 2. The van der Waals surface area contributed by atoms with Gasteiger partial charge in [-0.1, -0.05) is 19.3 Å². The summed E-state index contributed by atoms with van der Waals surface area (Å²) in [5.74, 6) is -1.52. The Morgan fingerprint density at radius 3 is 2.68 bits per heavy atom. The maximum absolute atomic E-state index is 13.7. The Morgan fingerprint density at radius 2 is 1.96 bits per heavy atom. The number of carbonyl (C=O) groups excluding carboxylic acids is 2. The Labute approximate surface area is 145 Å². The zero-order valence-electron chi connectivity index (χ0n) is 14.1. The Balaban J connectivity index is 1.72. The van der Waals surface area contributed by atoms with E-state index < -0.39 is 11.7 Å². The van der Waals surface area contributed by atoms with Crippen LogP contribution in [0.2, 0.25) is 0 Å². The highest BCUT2D eigenvalue weighted by molar-refractivity contribution is 6.04. The van der Waals surface area contributed by atoms with Crippen molar-refractivity contribution in [3.05, 3.63) is 47.5 Å². The van der Waals surface area contributed by atoms with E-state index in [4.69, 9.17) is 0 Å². The van der Waals surface area contributed by atoms with Gasteiger partial charge in [0.1, 0.15) is 5.82 Å². The molecule has 0 unspecified atom stereocenters. The molecule has 0 radical (unpaired) electrons. The molecule has 0 spiro atoms. The molecular weight excluding hydrogens is 323 g/mol. The number of nitrogens with zero attached hydrogens (tertiary/aromatic N) is 2. The van der Waals surface area contributed by atoms with E-state index in [1.807, 2.05) is 4.68 Å². The molecule has 1 fully saturated rings. The number of rotatable bonds is 4. The fourth-order valence-corrected chi connectivity index (χ4v) is 3.12. The fraction of sp³-hybridized carbons (Fsp3) is 0.389. The Bertz CT molecular complexity index is 781. The third kappa shape index (κ3) is 3.87. The summed E-state index contributed by atoms with van der Waals surface area (Å²) in [4.78, 5) is 24.0. The number of halogens is 1. The molecule has 0 aliphatic heterocycles. The molecule has 0 atom stereocenters. The van der Waals surface area contributed by atoms with Gasteiger partial charge in [0.15, 0.2) is 0 Å². The predicted molar refractivity (Wildman–Crippen MR) is 92.1 cm³/mol. The topological polar surface area (TPSA) is 76.0 Å². The lowest BCUT2D eigenvalue weighted by atomic mass is 9.96. The van der Waals surface area contributed by atoms with Gasteiger partial charge in [0.25, 0.3) is 11.8 Å². The largest absolute Gasteiger partial charge is 0.355 e. The summed E-state index contributed by atoms with van der Waals surface area (Å²) >= 11 is 0. The van der Waals surface area contributed by atoms with Gasteiger partial charge in [-0.25, -0.2) is 4.39 Å². The molecule has 7 heteroatoms. The molecule has 1 aliphatic rings. The van der Waals surface area contributed by atoms with Crippen molar-refractivity contribution >= 4 is 17.5 Å². The number of benzene rings is 1. The van der Waals surface area contributed by atoms with Crippen LogP contribution in [0.4, 0.5) is 10.1 Å². The van der Waals surface area contributed by atoms with Crippen molar-refractivity contribution < 1.29 is 14.0 Å². The van der Waals surface area contributed by atoms with Crippen LogP contribution in [0.25, 0.3) is 0 Å². The number of aromatic nitrogens is 2. The molecule has 1 aromatic carbocycles. The lowest BCUT2D eigenvalue weighted by molar-refractivity contribution is 0.0957. The molecule has 1 heterocycles. The number of hydrogen-bond donors (Lipinski definition) is 2. The van der Waals surface area contributed by atoms with Crippen LogP contribution >= 0.6 is 0 Å². The number of anilines is 1. The summed E-state index contributed by atoms with van der Waals surface area (Å²) in [5.41, 5.74) is 0.685. The molecule has 1 saturated carbocycles. The zero-order chi connectivity index (χ0) is 17.8. The van der Waals surface area contributed by atoms with Crippen molar-refractivity contribution in [2.24, 2.45) is 0 Å². The van der Waals surface area contributed by atoms with Gasteiger partial charge in [-0.05, 0) is 31.0 Å². The minimum atomic E-state index is -0.637. The summed E-state index contributed by atoms with van der Waals surface area (Å²) < 4.78 is 15.5. The molecule has 1 aliphatic carbocycles. The quantitative estimate of drug-likeness (QED) is 0.895. The summed E-state index contributed by atoms with van der Waals surface area (Å²) in [6.45, 7) is 0. The molecule has 2 aromatic rings. The van der Waals surface area contributed by atoms with Gasteiger partial charge in [0, 0.05) is 18.9 Å². The number of hydrogen-bond acceptors (Lipinski definition) is 3. The molecule has 0 saturated heterocycles. The van der Waals surface area contributed by atoms with Crippen molar-refractivity contribution in [1.82, 2.24) is 15.1 Å². The molecule has 132 valence electrons. The molecular formula is C18H21FN4O2. The highest BCUT2D eigenvalue weighted by Gasteiger charge is 2.18. The van der Waals surface area contributed by atoms with Crippen molar-refractivity contribution in [3.63, 3.8) is 0 Å². The van der Waals surface area contributed by atoms with Gasteiger partial charge in [-0.2, -0.15) is 5.10 Å². The lowest BCUT2D eigenvalue weighted by Crippen LogP contribution is -2.20. The second kappa shape index (κ2) is 7.46. The molecule has 25 heavy (non-hydrogen) atoms. The summed E-state index contributed by atoms with van der Waals surface area (Å²) in [6, 6.07) is 4.25. The first-order valence-corrected chi connectivity index (χ1v) is 8.45. The van der Waals surface area contributed by atoms with Crippen LogP contribution in [0.1, 0.15) is 58.9 Å². The highest BCUT2D eigenvalue weighted by Crippen LogP contribution is 2.27. The third-order valence-corrected chi connectivity index (χ3v) is 4.51. The van der Waals surface area contributed by atoms with Gasteiger partial charge in [-0.3, -0.25) is 14.3 Å². The molecule has 6 nitrogen and oxygen atoms in total. The van der Waals surface area contributed by atoms with E-state index in [9.17, 15) is 14.0 Å². The van der Waals surface area contributed by atoms with Gasteiger partial charge in [0.05, 0.1) is 23.4 Å². The molecule has 2 N–H and O–H groups in total. The standard InChI is InChI=1S/C18H21FN4O2/c1-20-18(25)15-9-13(7-8-16(15)19)22-17(24)12-10-21-23(11-12)14-5-3-2-4-6-14/h7-11,14H,2-6H2,1H3,(H,20,25)(H,22,24).